The maximum Gasteiger partial charge on any atom is 0.264 e. The summed E-state index contributed by atoms with van der Waals surface area (Å²) in [5, 5.41) is 5.89. The van der Waals surface area contributed by atoms with Crippen molar-refractivity contribution in [3.05, 3.63) is 77.0 Å². The van der Waals surface area contributed by atoms with Crippen molar-refractivity contribution in [1.82, 2.24) is 10.2 Å². The van der Waals surface area contributed by atoms with Crippen LogP contribution in [0.4, 0.5) is 5.69 Å². The molecular weight excluding hydrogens is 368 g/mol. The zero-order valence-electron chi connectivity index (χ0n) is 15.9. The Hall–Kier alpha value is -3.45. The third-order valence-electron chi connectivity index (χ3n) is 5.32. The zero-order chi connectivity index (χ0) is 20.5. The Bertz CT molecular complexity index is 1010. The second kappa shape index (κ2) is 7.52. The molecule has 0 spiro atoms. The Labute approximate surface area is 168 Å². The lowest BCUT2D eigenvalue weighted by Gasteiger charge is -2.29. The van der Waals surface area contributed by atoms with Crippen molar-refractivity contribution >= 4 is 23.4 Å². The summed E-state index contributed by atoms with van der Waals surface area (Å²) >= 11 is 0. The quantitative estimate of drug-likeness (QED) is 0.679. The molecule has 2 aliphatic rings. The van der Waals surface area contributed by atoms with Gasteiger partial charge in [0.1, 0.15) is 6.04 Å². The summed E-state index contributed by atoms with van der Waals surface area (Å²) in [6, 6.07) is 12.2. The SMILES string of the molecule is C=C1CC[C@H](N2C(=O)c3cccc(NCc4ccc(CN)cc4)c3C2=O)C(=O)N1. The summed E-state index contributed by atoms with van der Waals surface area (Å²) in [4.78, 5) is 39.4. The molecular formula is C22H22N4O3. The minimum atomic E-state index is -0.815. The molecule has 4 rings (SSSR count). The van der Waals surface area contributed by atoms with Crippen molar-refractivity contribution in [2.75, 3.05) is 5.32 Å². The minimum absolute atomic E-state index is 0.313. The van der Waals surface area contributed by atoms with Gasteiger partial charge in [-0.25, -0.2) is 0 Å². The number of benzene rings is 2. The predicted octanol–water partition coefficient (Wildman–Crippen LogP) is 2.15. The number of nitrogens with one attached hydrogen (secondary N) is 2. The van der Waals surface area contributed by atoms with Crippen LogP contribution in [0.15, 0.2) is 54.7 Å². The summed E-state index contributed by atoms with van der Waals surface area (Å²) < 4.78 is 0. The number of imide groups is 1. The van der Waals surface area contributed by atoms with Crippen LogP contribution in [0.1, 0.15) is 44.7 Å². The number of nitrogens with zero attached hydrogens (tertiary/aromatic N) is 1. The van der Waals surface area contributed by atoms with Crippen molar-refractivity contribution in [3.8, 4) is 0 Å². The van der Waals surface area contributed by atoms with E-state index >= 15 is 0 Å². The Kier molecular flexibility index (Phi) is 4.90. The van der Waals surface area contributed by atoms with Crippen molar-refractivity contribution in [2.24, 2.45) is 5.73 Å². The molecule has 148 valence electrons. The van der Waals surface area contributed by atoms with E-state index in [1.165, 1.54) is 0 Å². The van der Waals surface area contributed by atoms with Crippen molar-refractivity contribution < 1.29 is 14.4 Å². The first-order valence-corrected chi connectivity index (χ1v) is 9.51. The van der Waals surface area contributed by atoms with Gasteiger partial charge in [-0.15, -0.1) is 0 Å². The van der Waals surface area contributed by atoms with E-state index in [9.17, 15) is 14.4 Å². The molecule has 2 aromatic rings. The summed E-state index contributed by atoms with van der Waals surface area (Å²) in [5.74, 6) is -1.25. The van der Waals surface area contributed by atoms with E-state index < -0.39 is 17.9 Å². The van der Waals surface area contributed by atoms with Gasteiger partial charge < -0.3 is 16.4 Å². The Balaban J connectivity index is 1.57. The molecule has 2 heterocycles. The van der Waals surface area contributed by atoms with Crippen LogP contribution in [0.3, 0.4) is 0 Å². The second-order valence-electron chi connectivity index (χ2n) is 7.23. The van der Waals surface area contributed by atoms with E-state index in [1.807, 2.05) is 24.3 Å². The van der Waals surface area contributed by atoms with Crippen molar-refractivity contribution in [2.45, 2.75) is 32.0 Å². The van der Waals surface area contributed by atoms with E-state index in [-0.39, 0.29) is 5.91 Å². The first-order chi connectivity index (χ1) is 14.0. The van der Waals surface area contributed by atoms with Gasteiger partial charge in [0.25, 0.3) is 11.8 Å². The molecule has 0 aromatic heterocycles. The van der Waals surface area contributed by atoms with E-state index in [1.54, 1.807) is 18.2 Å². The molecule has 0 bridgehead atoms. The van der Waals surface area contributed by atoms with Crippen LogP contribution in [-0.2, 0) is 17.9 Å². The number of carbonyl (C=O) groups excluding carboxylic acids is 3. The topological polar surface area (TPSA) is 105 Å². The molecule has 0 saturated carbocycles. The van der Waals surface area contributed by atoms with Crippen LogP contribution in [0, 0.1) is 0 Å². The highest BCUT2D eigenvalue weighted by molar-refractivity contribution is 6.25. The molecule has 7 heteroatoms. The molecule has 4 N–H and O–H groups in total. The van der Waals surface area contributed by atoms with E-state index in [0.29, 0.717) is 48.4 Å². The third-order valence-corrected chi connectivity index (χ3v) is 5.32. The number of nitrogens with two attached hydrogens (primary N) is 1. The fraction of sp³-hybridized carbons (Fsp3) is 0.227. The normalized spacial score (nSPS) is 18.7. The maximum absolute atomic E-state index is 13.1. The predicted molar refractivity (Wildman–Crippen MR) is 109 cm³/mol. The Morgan fingerprint density at radius 2 is 1.79 bits per heavy atom. The lowest BCUT2D eigenvalue weighted by atomic mass is 10.0. The molecule has 29 heavy (non-hydrogen) atoms. The van der Waals surface area contributed by atoms with Gasteiger partial charge in [-0.3, -0.25) is 19.3 Å². The zero-order valence-corrected chi connectivity index (χ0v) is 15.9. The number of anilines is 1. The maximum atomic E-state index is 13.1. The van der Waals surface area contributed by atoms with Gasteiger partial charge in [-0.05, 0) is 36.1 Å². The highest BCUT2D eigenvalue weighted by Gasteiger charge is 2.44. The first kappa shape index (κ1) is 18.9. The highest BCUT2D eigenvalue weighted by Crippen LogP contribution is 2.33. The number of rotatable bonds is 5. The fourth-order valence-corrected chi connectivity index (χ4v) is 3.73. The average molecular weight is 390 g/mol. The monoisotopic (exact) mass is 390 g/mol. The molecule has 7 nitrogen and oxygen atoms in total. The van der Waals surface area contributed by atoms with Gasteiger partial charge in [0.15, 0.2) is 0 Å². The third kappa shape index (κ3) is 3.40. The summed E-state index contributed by atoms with van der Waals surface area (Å²) in [5.41, 5.74) is 9.50. The van der Waals surface area contributed by atoms with Crippen LogP contribution in [0.2, 0.25) is 0 Å². The van der Waals surface area contributed by atoms with Gasteiger partial charge in [0, 0.05) is 24.5 Å². The number of carbonyl (C=O) groups is 3. The van der Waals surface area contributed by atoms with E-state index in [0.717, 1.165) is 16.0 Å². The summed E-state index contributed by atoms with van der Waals surface area (Å²) in [6.45, 7) is 4.72. The Morgan fingerprint density at radius 3 is 2.48 bits per heavy atom. The largest absolute Gasteiger partial charge is 0.380 e. The van der Waals surface area contributed by atoms with Crippen LogP contribution in [0.25, 0.3) is 0 Å². The number of fused-ring (bicyclic) bond motifs is 1. The molecule has 0 aliphatic carbocycles. The standard InChI is InChI=1S/C22H22N4O3/c1-13-5-10-18(20(27)25-13)26-21(28)16-3-2-4-17(19(16)22(26)29)24-12-15-8-6-14(11-23)7-9-15/h2-4,6-9,18,24H,1,5,10-12,23H2,(H,25,27)/t18-/m0/s1. The molecule has 1 atom stereocenters. The van der Waals surface area contributed by atoms with Gasteiger partial charge >= 0.3 is 0 Å². The number of allylic oxidation sites excluding steroid dienone is 1. The van der Waals surface area contributed by atoms with Crippen LogP contribution in [-0.4, -0.2) is 28.7 Å². The van der Waals surface area contributed by atoms with Gasteiger partial charge in [0.05, 0.1) is 11.1 Å². The minimum Gasteiger partial charge on any atom is -0.380 e. The van der Waals surface area contributed by atoms with E-state index in [2.05, 4.69) is 17.2 Å². The summed E-state index contributed by atoms with van der Waals surface area (Å²) in [7, 11) is 0. The van der Waals surface area contributed by atoms with E-state index in [4.69, 9.17) is 5.73 Å². The molecule has 2 aromatic carbocycles. The van der Waals surface area contributed by atoms with Gasteiger partial charge in [-0.2, -0.15) is 0 Å². The van der Waals surface area contributed by atoms with Crippen LogP contribution >= 0.6 is 0 Å². The molecule has 1 fully saturated rings. The van der Waals surface area contributed by atoms with Crippen molar-refractivity contribution in [1.29, 1.82) is 0 Å². The average Bonchev–Trinajstić information content (AvgIpc) is 2.98. The van der Waals surface area contributed by atoms with Crippen molar-refractivity contribution in [3.63, 3.8) is 0 Å². The molecule has 2 aliphatic heterocycles. The number of amides is 3. The smallest absolute Gasteiger partial charge is 0.264 e. The first-order valence-electron chi connectivity index (χ1n) is 9.51. The lowest BCUT2D eigenvalue weighted by molar-refractivity contribution is -0.125. The number of hydrogen-bond acceptors (Lipinski definition) is 5. The molecule has 3 amide bonds. The molecule has 0 radical (unpaired) electrons. The fourth-order valence-electron chi connectivity index (χ4n) is 3.73. The molecule has 0 unspecified atom stereocenters. The molecule has 1 saturated heterocycles. The van der Waals surface area contributed by atoms with Gasteiger partial charge in [-0.1, -0.05) is 36.9 Å². The van der Waals surface area contributed by atoms with Crippen LogP contribution in [0.5, 0.6) is 0 Å². The van der Waals surface area contributed by atoms with Crippen LogP contribution < -0.4 is 16.4 Å². The lowest BCUT2D eigenvalue weighted by Crippen LogP contribution is -2.51. The summed E-state index contributed by atoms with van der Waals surface area (Å²) in [6.07, 6.45) is 0.917. The second-order valence-corrected chi connectivity index (χ2v) is 7.23. The van der Waals surface area contributed by atoms with Gasteiger partial charge in [0.2, 0.25) is 5.91 Å². The Morgan fingerprint density at radius 1 is 1.07 bits per heavy atom. The highest BCUT2D eigenvalue weighted by atomic mass is 16.2. The number of hydrogen-bond donors (Lipinski definition) is 3. The number of piperidine rings is 1.